The van der Waals surface area contributed by atoms with Gasteiger partial charge in [0.15, 0.2) is 0 Å². The second-order valence-corrected chi connectivity index (χ2v) is 4.53. The second kappa shape index (κ2) is 4.94. The highest BCUT2D eigenvalue weighted by atomic mass is 16.5. The summed E-state index contributed by atoms with van der Waals surface area (Å²) in [6.45, 7) is 1.67. The Balaban J connectivity index is 1.67. The minimum absolute atomic E-state index is 0.173. The van der Waals surface area contributed by atoms with Crippen molar-refractivity contribution in [2.24, 2.45) is 5.92 Å². The van der Waals surface area contributed by atoms with E-state index in [9.17, 15) is 4.79 Å². The summed E-state index contributed by atoms with van der Waals surface area (Å²) in [6.07, 6.45) is 5.62. The van der Waals surface area contributed by atoms with E-state index in [2.05, 4.69) is 5.32 Å². The third kappa shape index (κ3) is 2.69. The molecular formula is C11H19NO3. The third-order valence-electron chi connectivity index (χ3n) is 3.47. The van der Waals surface area contributed by atoms with Gasteiger partial charge in [0, 0.05) is 19.2 Å². The Kier molecular flexibility index (Phi) is 3.59. The van der Waals surface area contributed by atoms with Crippen molar-refractivity contribution < 1.29 is 14.6 Å². The van der Waals surface area contributed by atoms with E-state index in [0.717, 1.165) is 38.8 Å². The summed E-state index contributed by atoms with van der Waals surface area (Å²) in [7, 11) is 0. The second-order valence-electron chi connectivity index (χ2n) is 4.53. The Morgan fingerprint density at radius 3 is 2.73 bits per heavy atom. The van der Waals surface area contributed by atoms with Crippen LogP contribution in [0.1, 0.15) is 32.1 Å². The van der Waals surface area contributed by atoms with Crippen molar-refractivity contribution in [1.29, 1.82) is 0 Å². The SMILES string of the molecule is O=C(O)C1CCC1NCC1CCCCO1. The minimum Gasteiger partial charge on any atom is -0.481 e. The molecule has 1 heterocycles. The lowest BCUT2D eigenvalue weighted by atomic mass is 9.79. The van der Waals surface area contributed by atoms with Crippen molar-refractivity contribution in [2.45, 2.75) is 44.2 Å². The van der Waals surface area contributed by atoms with Gasteiger partial charge in [-0.05, 0) is 32.1 Å². The van der Waals surface area contributed by atoms with Gasteiger partial charge in [0.05, 0.1) is 12.0 Å². The van der Waals surface area contributed by atoms with Crippen LogP contribution in [0, 0.1) is 5.92 Å². The lowest BCUT2D eigenvalue weighted by molar-refractivity contribution is -0.146. The number of hydrogen-bond acceptors (Lipinski definition) is 3. The summed E-state index contributed by atoms with van der Waals surface area (Å²) in [5.41, 5.74) is 0. The van der Waals surface area contributed by atoms with Crippen LogP contribution in [0.2, 0.25) is 0 Å². The zero-order valence-corrected chi connectivity index (χ0v) is 8.95. The molecule has 0 spiro atoms. The zero-order valence-electron chi connectivity index (χ0n) is 8.95. The maximum absolute atomic E-state index is 10.8. The van der Waals surface area contributed by atoms with Crippen LogP contribution >= 0.6 is 0 Å². The molecule has 4 nitrogen and oxygen atoms in total. The van der Waals surface area contributed by atoms with E-state index in [1.54, 1.807) is 0 Å². The van der Waals surface area contributed by atoms with E-state index < -0.39 is 5.97 Å². The maximum atomic E-state index is 10.8. The van der Waals surface area contributed by atoms with Gasteiger partial charge in [-0.25, -0.2) is 0 Å². The molecule has 0 radical (unpaired) electrons. The van der Waals surface area contributed by atoms with E-state index in [4.69, 9.17) is 9.84 Å². The lowest BCUT2D eigenvalue weighted by Gasteiger charge is -2.35. The number of ether oxygens (including phenoxy) is 1. The molecular weight excluding hydrogens is 194 g/mol. The number of carboxylic acid groups (broad SMARTS) is 1. The molecule has 15 heavy (non-hydrogen) atoms. The van der Waals surface area contributed by atoms with E-state index in [0.29, 0.717) is 6.10 Å². The first-order valence-corrected chi connectivity index (χ1v) is 5.85. The molecule has 3 atom stereocenters. The Morgan fingerprint density at radius 1 is 1.33 bits per heavy atom. The van der Waals surface area contributed by atoms with E-state index in [1.165, 1.54) is 6.42 Å². The quantitative estimate of drug-likeness (QED) is 0.731. The summed E-state index contributed by atoms with van der Waals surface area (Å²) >= 11 is 0. The average molecular weight is 213 g/mol. The van der Waals surface area contributed by atoms with Gasteiger partial charge in [-0.2, -0.15) is 0 Å². The fraction of sp³-hybridized carbons (Fsp3) is 0.909. The van der Waals surface area contributed by atoms with Crippen LogP contribution in [-0.2, 0) is 9.53 Å². The molecule has 2 N–H and O–H groups in total. The highest BCUT2D eigenvalue weighted by Gasteiger charge is 2.36. The lowest BCUT2D eigenvalue weighted by Crippen LogP contribution is -2.50. The van der Waals surface area contributed by atoms with Gasteiger partial charge in [0.25, 0.3) is 0 Å². The van der Waals surface area contributed by atoms with Gasteiger partial charge in [-0.15, -0.1) is 0 Å². The van der Waals surface area contributed by atoms with Gasteiger partial charge in [-0.3, -0.25) is 4.79 Å². The van der Waals surface area contributed by atoms with Crippen molar-refractivity contribution in [3.8, 4) is 0 Å². The first kappa shape index (κ1) is 10.9. The van der Waals surface area contributed by atoms with Crippen LogP contribution < -0.4 is 5.32 Å². The topological polar surface area (TPSA) is 58.6 Å². The van der Waals surface area contributed by atoms with Crippen molar-refractivity contribution in [2.75, 3.05) is 13.2 Å². The van der Waals surface area contributed by atoms with Crippen LogP contribution in [0.15, 0.2) is 0 Å². The van der Waals surface area contributed by atoms with Gasteiger partial charge >= 0.3 is 5.97 Å². The zero-order chi connectivity index (χ0) is 10.7. The first-order chi connectivity index (χ1) is 7.27. The molecule has 1 aliphatic carbocycles. The van der Waals surface area contributed by atoms with Crippen LogP contribution in [-0.4, -0.2) is 36.4 Å². The normalized spacial score (nSPS) is 35.9. The molecule has 3 unspecified atom stereocenters. The van der Waals surface area contributed by atoms with Gasteiger partial charge < -0.3 is 15.2 Å². The molecule has 2 rings (SSSR count). The van der Waals surface area contributed by atoms with Gasteiger partial charge in [0.2, 0.25) is 0 Å². The molecule has 1 saturated carbocycles. The van der Waals surface area contributed by atoms with Crippen molar-refractivity contribution in [1.82, 2.24) is 5.32 Å². The molecule has 0 bridgehead atoms. The standard InChI is InChI=1S/C11H19NO3/c13-11(14)9-4-5-10(9)12-7-8-3-1-2-6-15-8/h8-10,12H,1-7H2,(H,13,14). The number of carbonyl (C=O) groups is 1. The molecule has 0 aromatic rings. The number of nitrogens with one attached hydrogen (secondary N) is 1. The van der Waals surface area contributed by atoms with Crippen molar-refractivity contribution in [3.05, 3.63) is 0 Å². The average Bonchev–Trinajstić information content (AvgIpc) is 2.17. The molecule has 0 amide bonds. The van der Waals surface area contributed by atoms with E-state index in [1.807, 2.05) is 0 Å². The molecule has 0 aromatic heterocycles. The monoisotopic (exact) mass is 213 g/mol. The van der Waals surface area contributed by atoms with Crippen LogP contribution in [0.4, 0.5) is 0 Å². The van der Waals surface area contributed by atoms with Crippen molar-refractivity contribution >= 4 is 5.97 Å². The van der Waals surface area contributed by atoms with Gasteiger partial charge in [0.1, 0.15) is 0 Å². The first-order valence-electron chi connectivity index (χ1n) is 5.85. The summed E-state index contributed by atoms with van der Waals surface area (Å²) < 4.78 is 5.58. The van der Waals surface area contributed by atoms with Crippen LogP contribution in [0.5, 0.6) is 0 Å². The Bertz CT molecular complexity index is 226. The van der Waals surface area contributed by atoms with E-state index >= 15 is 0 Å². The molecule has 0 aromatic carbocycles. The summed E-state index contributed by atoms with van der Waals surface area (Å²) in [6, 6.07) is 0.174. The maximum Gasteiger partial charge on any atom is 0.308 e. The highest BCUT2D eigenvalue weighted by molar-refractivity contribution is 5.72. The molecule has 86 valence electrons. The van der Waals surface area contributed by atoms with Crippen LogP contribution in [0.25, 0.3) is 0 Å². The van der Waals surface area contributed by atoms with Crippen LogP contribution in [0.3, 0.4) is 0 Å². The Morgan fingerprint density at radius 2 is 2.20 bits per heavy atom. The highest BCUT2D eigenvalue weighted by Crippen LogP contribution is 2.27. The smallest absolute Gasteiger partial charge is 0.308 e. The number of hydrogen-bond donors (Lipinski definition) is 2. The fourth-order valence-electron chi connectivity index (χ4n) is 2.29. The number of rotatable bonds is 4. The van der Waals surface area contributed by atoms with E-state index in [-0.39, 0.29) is 12.0 Å². The predicted octanol–water partition coefficient (Wildman–Crippen LogP) is 1.01. The van der Waals surface area contributed by atoms with Gasteiger partial charge in [-0.1, -0.05) is 0 Å². The van der Waals surface area contributed by atoms with Crippen molar-refractivity contribution in [3.63, 3.8) is 0 Å². The molecule has 2 fully saturated rings. The summed E-state index contributed by atoms with van der Waals surface area (Å²) in [5.74, 6) is -0.836. The minimum atomic E-state index is -0.664. The fourth-order valence-corrected chi connectivity index (χ4v) is 2.29. The molecule has 1 saturated heterocycles. The predicted molar refractivity (Wildman–Crippen MR) is 55.7 cm³/mol. The summed E-state index contributed by atoms with van der Waals surface area (Å²) in [5, 5.41) is 12.2. The number of carboxylic acids is 1. The summed E-state index contributed by atoms with van der Waals surface area (Å²) in [4.78, 5) is 10.8. The third-order valence-corrected chi connectivity index (χ3v) is 3.47. The number of aliphatic carboxylic acids is 1. The molecule has 4 heteroatoms. The Labute approximate surface area is 90.0 Å². The largest absolute Gasteiger partial charge is 0.481 e. The molecule has 1 aliphatic heterocycles. The molecule has 2 aliphatic rings. The Hall–Kier alpha value is -0.610.